The number of carbonyl (C=O) groups excluding carboxylic acids is 2. The largest absolute Gasteiger partial charge is 0.449 e. The molecule has 8 heteroatoms. The molecule has 0 aliphatic carbocycles. The number of rotatable bonds is 9. The molecule has 0 radical (unpaired) electrons. The van der Waals surface area contributed by atoms with Crippen molar-refractivity contribution in [1.82, 2.24) is 4.90 Å². The van der Waals surface area contributed by atoms with Crippen LogP contribution in [0.15, 0.2) is 77.9 Å². The number of carbonyl (C=O) groups is 2. The summed E-state index contributed by atoms with van der Waals surface area (Å²) in [5, 5.41) is 16.2. The summed E-state index contributed by atoms with van der Waals surface area (Å²) >= 11 is 0. The van der Waals surface area contributed by atoms with Crippen LogP contribution in [0.25, 0.3) is 11.1 Å². The van der Waals surface area contributed by atoms with Gasteiger partial charge < -0.3 is 15.9 Å². The second-order valence-electron chi connectivity index (χ2n) is 7.94. The molecule has 2 amide bonds. The van der Waals surface area contributed by atoms with Crippen molar-refractivity contribution in [2.24, 2.45) is 10.9 Å². The predicted molar refractivity (Wildman–Crippen MR) is 140 cm³/mol. The Bertz CT molecular complexity index is 1260. The van der Waals surface area contributed by atoms with E-state index in [4.69, 9.17) is 10.6 Å². The summed E-state index contributed by atoms with van der Waals surface area (Å²) in [7, 11) is 0. The zero-order chi connectivity index (χ0) is 25.9. The van der Waals surface area contributed by atoms with Crippen molar-refractivity contribution in [2.75, 3.05) is 18.5 Å². The molecule has 0 fully saturated rings. The molecule has 3 aromatic carbocycles. The first-order valence-electron chi connectivity index (χ1n) is 11.7. The van der Waals surface area contributed by atoms with E-state index >= 15 is 0 Å². The molecule has 0 unspecified atom stereocenters. The maximum atomic E-state index is 13.5. The highest BCUT2D eigenvalue weighted by Gasteiger charge is 2.29. The van der Waals surface area contributed by atoms with E-state index in [0.29, 0.717) is 17.7 Å². The Morgan fingerprint density at radius 3 is 2.53 bits per heavy atom. The lowest BCUT2D eigenvalue weighted by molar-refractivity contribution is -0.130. The van der Waals surface area contributed by atoms with Gasteiger partial charge in [-0.05, 0) is 54.3 Å². The normalized spacial score (nSPS) is 11.5. The Balaban J connectivity index is 1.90. The number of nitrogens with one attached hydrogen (secondary N) is 1. The van der Waals surface area contributed by atoms with Crippen molar-refractivity contribution >= 4 is 23.9 Å². The van der Waals surface area contributed by atoms with Crippen LogP contribution in [0.5, 0.6) is 0 Å². The monoisotopic (exact) mass is 483 g/mol. The van der Waals surface area contributed by atoms with Gasteiger partial charge in [0.15, 0.2) is 0 Å². The lowest BCUT2D eigenvalue weighted by Gasteiger charge is -2.26. The first kappa shape index (κ1) is 26.0. The van der Waals surface area contributed by atoms with Gasteiger partial charge in [0.2, 0.25) is 0 Å². The zero-order valence-corrected chi connectivity index (χ0v) is 20.3. The zero-order valence-electron chi connectivity index (χ0n) is 20.3. The quantitative estimate of drug-likeness (QED) is 0.262. The topological polar surface area (TPSA) is 121 Å². The van der Waals surface area contributed by atoms with Crippen molar-refractivity contribution in [2.45, 2.75) is 26.3 Å². The molecule has 3 aromatic rings. The maximum absolute atomic E-state index is 13.5. The minimum absolute atomic E-state index is 0.173. The minimum atomic E-state index is -0.739. The first-order chi connectivity index (χ1) is 17.5. The molecule has 0 spiro atoms. The van der Waals surface area contributed by atoms with Crippen LogP contribution in [0.2, 0.25) is 0 Å². The third-order valence-electron chi connectivity index (χ3n) is 5.57. The molecular formula is C28H29N5O3. The second kappa shape index (κ2) is 12.7. The van der Waals surface area contributed by atoms with E-state index < -0.39 is 18.0 Å². The van der Waals surface area contributed by atoms with Crippen LogP contribution < -0.4 is 11.2 Å². The van der Waals surface area contributed by atoms with Crippen molar-refractivity contribution in [3.8, 4) is 17.2 Å². The van der Waals surface area contributed by atoms with Crippen LogP contribution in [0, 0.1) is 11.3 Å². The van der Waals surface area contributed by atoms with Gasteiger partial charge in [-0.2, -0.15) is 10.4 Å². The number of likely N-dealkylation sites (N-methyl/N-ethyl adjacent to an activating group) is 1. The van der Waals surface area contributed by atoms with Crippen molar-refractivity contribution in [1.29, 1.82) is 5.26 Å². The van der Waals surface area contributed by atoms with Crippen LogP contribution in [0.4, 0.5) is 10.5 Å². The number of anilines is 1. The third-order valence-corrected chi connectivity index (χ3v) is 5.57. The van der Waals surface area contributed by atoms with Gasteiger partial charge in [-0.25, -0.2) is 9.69 Å². The summed E-state index contributed by atoms with van der Waals surface area (Å²) in [6, 6.07) is 23.8. The van der Waals surface area contributed by atoms with E-state index in [0.717, 1.165) is 27.2 Å². The summed E-state index contributed by atoms with van der Waals surface area (Å²) in [5.41, 5.74) is 4.68. The molecule has 36 heavy (non-hydrogen) atoms. The number of nitriles is 1. The number of hydrogen-bond donors (Lipinski definition) is 2. The van der Waals surface area contributed by atoms with E-state index in [2.05, 4.69) is 16.5 Å². The predicted octanol–water partition coefficient (Wildman–Crippen LogP) is 4.55. The SMILES string of the molecule is CCOC(=O)N(CC)C(=O)[C@H](Cc1cccc(C=NN)c1)Nc1ccc(-c2ccccc2C#N)cc1. The van der Waals surface area contributed by atoms with Gasteiger partial charge in [0.1, 0.15) is 6.04 Å². The number of nitrogens with zero attached hydrogens (tertiary/aromatic N) is 3. The number of hydrazone groups is 1. The van der Waals surface area contributed by atoms with E-state index in [9.17, 15) is 14.9 Å². The van der Waals surface area contributed by atoms with Gasteiger partial charge >= 0.3 is 6.09 Å². The Labute approximate surface area is 211 Å². The van der Waals surface area contributed by atoms with Gasteiger partial charge in [-0.15, -0.1) is 0 Å². The number of imide groups is 1. The molecule has 0 aromatic heterocycles. The average Bonchev–Trinajstić information content (AvgIpc) is 2.89. The summed E-state index contributed by atoms with van der Waals surface area (Å²) < 4.78 is 5.08. The number of hydrogen-bond acceptors (Lipinski definition) is 7. The molecule has 0 aliphatic rings. The molecule has 3 N–H and O–H groups in total. The molecule has 0 heterocycles. The first-order valence-corrected chi connectivity index (χ1v) is 11.7. The summed E-state index contributed by atoms with van der Waals surface area (Å²) in [4.78, 5) is 27.0. The third kappa shape index (κ3) is 6.48. The van der Waals surface area contributed by atoms with Gasteiger partial charge in [-0.1, -0.05) is 54.6 Å². The van der Waals surface area contributed by atoms with Gasteiger partial charge in [0.25, 0.3) is 5.91 Å². The van der Waals surface area contributed by atoms with E-state index in [-0.39, 0.29) is 13.2 Å². The molecular weight excluding hydrogens is 454 g/mol. The standard InChI is InChI=1S/C28H29N5O3/c1-3-33(28(35)36-4-2)27(34)26(17-20-8-7-9-21(16-20)19-31-30)32-24-14-12-22(13-15-24)25-11-6-5-10-23(25)18-29/h5-16,19,26,32H,3-4,17,30H2,1-2H3/t26-/m0/s1. The summed E-state index contributed by atoms with van der Waals surface area (Å²) in [6.07, 6.45) is 1.17. The summed E-state index contributed by atoms with van der Waals surface area (Å²) in [5.74, 6) is 4.89. The molecule has 184 valence electrons. The van der Waals surface area contributed by atoms with E-state index in [1.165, 1.54) is 6.21 Å². The number of amides is 2. The second-order valence-corrected chi connectivity index (χ2v) is 7.94. The molecule has 0 saturated carbocycles. The van der Waals surface area contributed by atoms with Crippen LogP contribution in [0.3, 0.4) is 0 Å². The van der Waals surface area contributed by atoms with Gasteiger partial charge in [0.05, 0.1) is 24.5 Å². The number of nitrogens with two attached hydrogens (primary N) is 1. The number of ether oxygens (including phenoxy) is 1. The Morgan fingerprint density at radius 2 is 1.86 bits per heavy atom. The van der Waals surface area contributed by atoms with Crippen molar-refractivity contribution < 1.29 is 14.3 Å². The summed E-state index contributed by atoms with van der Waals surface area (Å²) in [6.45, 7) is 3.78. The fraction of sp³-hybridized carbons (Fsp3) is 0.214. The Morgan fingerprint density at radius 1 is 1.11 bits per heavy atom. The van der Waals surface area contributed by atoms with Crippen molar-refractivity contribution in [3.63, 3.8) is 0 Å². The molecule has 1 atom stereocenters. The van der Waals surface area contributed by atoms with Gasteiger partial charge in [-0.3, -0.25) is 4.79 Å². The molecule has 0 saturated heterocycles. The van der Waals surface area contributed by atoms with Crippen molar-refractivity contribution in [3.05, 3.63) is 89.5 Å². The lowest BCUT2D eigenvalue weighted by Crippen LogP contribution is -2.47. The average molecular weight is 484 g/mol. The minimum Gasteiger partial charge on any atom is -0.449 e. The highest BCUT2D eigenvalue weighted by Crippen LogP contribution is 2.25. The molecule has 0 bridgehead atoms. The Hall–Kier alpha value is -4.64. The fourth-order valence-corrected chi connectivity index (χ4v) is 3.87. The van der Waals surface area contributed by atoms with Crippen LogP contribution in [-0.2, 0) is 16.0 Å². The van der Waals surface area contributed by atoms with Gasteiger partial charge in [0, 0.05) is 18.7 Å². The highest BCUT2D eigenvalue weighted by atomic mass is 16.6. The van der Waals surface area contributed by atoms with Crippen LogP contribution in [-0.4, -0.2) is 42.3 Å². The molecule has 0 aliphatic heterocycles. The van der Waals surface area contributed by atoms with Crippen LogP contribution >= 0.6 is 0 Å². The smallest absolute Gasteiger partial charge is 0.416 e. The molecule has 8 nitrogen and oxygen atoms in total. The maximum Gasteiger partial charge on any atom is 0.416 e. The van der Waals surface area contributed by atoms with E-state index in [1.54, 1.807) is 19.9 Å². The fourth-order valence-electron chi connectivity index (χ4n) is 3.87. The lowest BCUT2D eigenvalue weighted by atomic mass is 9.99. The van der Waals surface area contributed by atoms with E-state index in [1.807, 2.05) is 66.7 Å². The van der Waals surface area contributed by atoms with Crippen LogP contribution in [0.1, 0.15) is 30.5 Å². The molecule has 3 rings (SSSR count). The number of benzene rings is 3. The Kier molecular flexibility index (Phi) is 9.18. The highest BCUT2D eigenvalue weighted by molar-refractivity contribution is 5.96.